The predicted octanol–water partition coefficient (Wildman–Crippen LogP) is 2.87. The van der Waals surface area contributed by atoms with Gasteiger partial charge in [0.25, 0.3) is 0 Å². The minimum Gasteiger partial charge on any atom is -0.461 e. The van der Waals surface area contributed by atoms with Gasteiger partial charge >= 0.3 is 5.97 Å². The fourth-order valence-corrected chi connectivity index (χ4v) is 1.48. The zero-order chi connectivity index (χ0) is 11.5. The highest BCUT2D eigenvalue weighted by Gasteiger charge is 2.10. The van der Waals surface area contributed by atoms with E-state index in [2.05, 4.69) is 4.98 Å². The summed E-state index contributed by atoms with van der Waals surface area (Å²) in [6.07, 6.45) is 0.778. The quantitative estimate of drug-likeness (QED) is 0.810. The van der Waals surface area contributed by atoms with Gasteiger partial charge in [0, 0.05) is 10.9 Å². The van der Waals surface area contributed by atoms with Crippen LogP contribution >= 0.6 is 0 Å². The Hall–Kier alpha value is -1.84. The molecule has 84 valence electrons. The summed E-state index contributed by atoms with van der Waals surface area (Å²) in [7, 11) is 0. The van der Waals surface area contributed by atoms with E-state index in [1.54, 1.807) is 12.1 Å². The number of nitrogens with one attached hydrogen (secondary N) is 1. The largest absolute Gasteiger partial charge is 0.461 e. The second-order valence-corrected chi connectivity index (χ2v) is 3.55. The number of carbonyl (C=O) groups is 1. The first-order chi connectivity index (χ1) is 7.70. The number of halogens is 1. The molecule has 0 aliphatic rings. The van der Waals surface area contributed by atoms with E-state index in [0.717, 1.165) is 11.8 Å². The van der Waals surface area contributed by atoms with Gasteiger partial charge in [-0.15, -0.1) is 0 Å². The van der Waals surface area contributed by atoms with Gasteiger partial charge in [-0.1, -0.05) is 6.92 Å². The molecule has 1 aromatic carbocycles. The smallest absolute Gasteiger partial charge is 0.354 e. The monoisotopic (exact) mass is 221 g/mol. The molecule has 1 heterocycles. The molecule has 0 atom stereocenters. The fourth-order valence-electron chi connectivity index (χ4n) is 1.48. The fraction of sp³-hybridized carbons (Fsp3) is 0.250. The summed E-state index contributed by atoms with van der Waals surface area (Å²) < 4.78 is 17.9. The van der Waals surface area contributed by atoms with Crippen LogP contribution in [0, 0.1) is 5.82 Å². The molecule has 2 rings (SSSR count). The molecule has 16 heavy (non-hydrogen) atoms. The Morgan fingerprint density at radius 1 is 1.44 bits per heavy atom. The SMILES string of the molecule is CCCOC(=O)c1cc2ccc(F)cc2[nH]1. The Morgan fingerprint density at radius 2 is 2.25 bits per heavy atom. The van der Waals surface area contributed by atoms with E-state index in [1.165, 1.54) is 12.1 Å². The zero-order valence-electron chi connectivity index (χ0n) is 8.92. The van der Waals surface area contributed by atoms with Crippen molar-refractivity contribution in [3.05, 3.63) is 35.8 Å². The minimum atomic E-state index is -0.404. The molecule has 1 N–H and O–H groups in total. The number of fused-ring (bicyclic) bond motifs is 1. The molecular weight excluding hydrogens is 209 g/mol. The summed E-state index contributed by atoms with van der Waals surface area (Å²) in [5.41, 5.74) is 0.956. The Bertz CT molecular complexity index is 519. The Kier molecular flexibility index (Phi) is 2.90. The number of hydrogen-bond acceptors (Lipinski definition) is 2. The van der Waals surface area contributed by atoms with Crippen molar-refractivity contribution in [2.45, 2.75) is 13.3 Å². The predicted molar refractivity (Wildman–Crippen MR) is 58.8 cm³/mol. The summed E-state index contributed by atoms with van der Waals surface area (Å²) in [6.45, 7) is 2.32. The molecule has 0 saturated carbocycles. The maximum Gasteiger partial charge on any atom is 0.354 e. The third-order valence-electron chi connectivity index (χ3n) is 2.24. The lowest BCUT2D eigenvalue weighted by molar-refractivity contribution is 0.0499. The Labute approximate surface area is 92.2 Å². The molecular formula is C12H12FNO2. The molecule has 0 saturated heterocycles. The van der Waals surface area contributed by atoms with Crippen LogP contribution in [0.5, 0.6) is 0 Å². The van der Waals surface area contributed by atoms with E-state index < -0.39 is 5.97 Å². The number of H-pyrrole nitrogens is 1. The van der Waals surface area contributed by atoms with Crippen molar-refractivity contribution >= 4 is 16.9 Å². The van der Waals surface area contributed by atoms with Crippen molar-refractivity contribution in [2.24, 2.45) is 0 Å². The molecule has 0 spiro atoms. The average Bonchev–Trinajstić information content (AvgIpc) is 2.68. The first-order valence-electron chi connectivity index (χ1n) is 5.16. The van der Waals surface area contributed by atoms with Crippen LogP contribution in [0.25, 0.3) is 10.9 Å². The number of ether oxygens (including phenoxy) is 1. The summed E-state index contributed by atoms with van der Waals surface area (Å²) in [4.78, 5) is 14.3. The molecule has 2 aromatic rings. The van der Waals surface area contributed by atoms with Crippen molar-refractivity contribution in [1.29, 1.82) is 0 Å². The lowest BCUT2D eigenvalue weighted by Crippen LogP contribution is -2.05. The summed E-state index contributed by atoms with van der Waals surface area (Å²) in [5.74, 6) is -0.735. The topological polar surface area (TPSA) is 42.1 Å². The first-order valence-corrected chi connectivity index (χ1v) is 5.16. The second kappa shape index (κ2) is 4.35. The van der Waals surface area contributed by atoms with Crippen LogP contribution in [-0.2, 0) is 4.74 Å². The van der Waals surface area contributed by atoms with Gasteiger partial charge in [-0.3, -0.25) is 0 Å². The van der Waals surface area contributed by atoms with E-state index in [0.29, 0.717) is 17.8 Å². The number of rotatable bonds is 3. The van der Waals surface area contributed by atoms with E-state index in [9.17, 15) is 9.18 Å². The molecule has 0 amide bonds. The van der Waals surface area contributed by atoms with Gasteiger partial charge in [0.1, 0.15) is 11.5 Å². The maximum atomic E-state index is 12.9. The number of carbonyl (C=O) groups excluding carboxylic acids is 1. The molecule has 0 unspecified atom stereocenters. The lowest BCUT2D eigenvalue weighted by atomic mass is 10.2. The van der Waals surface area contributed by atoms with Gasteiger partial charge in [0.05, 0.1) is 6.61 Å². The second-order valence-electron chi connectivity index (χ2n) is 3.55. The van der Waals surface area contributed by atoms with Crippen LogP contribution in [-0.4, -0.2) is 17.6 Å². The standard InChI is InChI=1S/C12H12FNO2/c1-2-5-16-12(15)11-6-8-3-4-9(13)7-10(8)14-11/h3-4,6-7,14H,2,5H2,1H3. The van der Waals surface area contributed by atoms with E-state index in [4.69, 9.17) is 4.74 Å². The normalized spacial score (nSPS) is 10.6. The zero-order valence-corrected chi connectivity index (χ0v) is 8.92. The third-order valence-corrected chi connectivity index (χ3v) is 2.24. The van der Waals surface area contributed by atoms with Gasteiger partial charge in [-0.05, 0) is 30.7 Å². The minimum absolute atomic E-state index is 0.331. The average molecular weight is 221 g/mol. The summed E-state index contributed by atoms with van der Waals surface area (Å²) in [5, 5.41) is 0.796. The molecule has 3 nitrogen and oxygen atoms in total. The molecule has 0 radical (unpaired) electrons. The van der Waals surface area contributed by atoms with Gasteiger partial charge in [0.2, 0.25) is 0 Å². The lowest BCUT2D eigenvalue weighted by Gasteiger charge is -1.99. The van der Waals surface area contributed by atoms with Crippen molar-refractivity contribution in [3.8, 4) is 0 Å². The Morgan fingerprint density at radius 3 is 3.00 bits per heavy atom. The number of aromatic amines is 1. The van der Waals surface area contributed by atoms with Gasteiger partial charge in [0.15, 0.2) is 0 Å². The van der Waals surface area contributed by atoms with Crippen LogP contribution in [0.3, 0.4) is 0 Å². The number of esters is 1. The Balaban J connectivity index is 2.28. The van der Waals surface area contributed by atoms with Crippen LogP contribution in [0.2, 0.25) is 0 Å². The molecule has 0 bridgehead atoms. The molecule has 1 aromatic heterocycles. The molecule has 0 aliphatic carbocycles. The van der Waals surface area contributed by atoms with Crippen molar-refractivity contribution < 1.29 is 13.9 Å². The van der Waals surface area contributed by atoms with Crippen molar-refractivity contribution in [3.63, 3.8) is 0 Å². The van der Waals surface area contributed by atoms with Gasteiger partial charge in [-0.2, -0.15) is 0 Å². The van der Waals surface area contributed by atoms with E-state index in [1.807, 2.05) is 6.92 Å². The molecule has 0 aliphatic heterocycles. The number of benzene rings is 1. The van der Waals surface area contributed by atoms with E-state index in [-0.39, 0.29) is 5.82 Å². The highest BCUT2D eigenvalue weighted by Crippen LogP contribution is 2.17. The molecule has 0 fully saturated rings. The van der Waals surface area contributed by atoms with Gasteiger partial charge in [-0.25, -0.2) is 9.18 Å². The molecule has 4 heteroatoms. The number of hydrogen-bond donors (Lipinski definition) is 1. The summed E-state index contributed by atoms with van der Waals surface area (Å²) in [6, 6.07) is 5.99. The van der Waals surface area contributed by atoms with Crippen molar-refractivity contribution in [2.75, 3.05) is 6.61 Å². The van der Waals surface area contributed by atoms with Crippen molar-refractivity contribution in [1.82, 2.24) is 4.98 Å². The third kappa shape index (κ3) is 2.05. The van der Waals surface area contributed by atoms with E-state index >= 15 is 0 Å². The highest BCUT2D eigenvalue weighted by atomic mass is 19.1. The van der Waals surface area contributed by atoms with Gasteiger partial charge < -0.3 is 9.72 Å². The van der Waals surface area contributed by atoms with Crippen LogP contribution in [0.4, 0.5) is 4.39 Å². The van der Waals surface area contributed by atoms with Crippen LogP contribution in [0.15, 0.2) is 24.3 Å². The first kappa shape index (κ1) is 10.7. The highest BCUT2D eigenvalue weighted by molar-refractivity contribution is 5.94. The number of aromatic nitrogens is 1. The van der Waals surface area contributed by atoms with Crippen LogP contribution in [0.1, 0.15) is 23.8 Å². The van der Waals surface area contributed by atoms with Crippen LogP contribution < -0.4 is 0 Å². The summed E-state index contributed by atoms with van der Waals surface area (Å²) >= 11 is 0. The maximum absolute atomic E-state index is 12.9.